The molecule has 0 aliphatic carbocycles. The highest BCUT2D eigenvalue weighted by molar-refractivity contribution is 5.41. The number of aryl methyl sites for hydroxylation is 1. The van der Waals surface area contributed by atoms with Crippen molar-refractivity contribution in [2.24, 2.45) is 7.05 Å². The third kappa shape index (κ3) is 3.75. The van der Waals surface area contributed by atoms with Gasteiger partial charge in [0.05, 0.1) is 5.69 Å². The number of pyridine rings is 1. The third-order valence-electron chi connectivity index (χ3n) is 2.87. The zero-order valence-electron chi connectivity index (χ0n) is 11.5. The molecule has 1 heterocycles. The quantitative estimate of drug-likeness (QED) is 0.820. The zero-order chi connectivity index (χ0) is 14.4. The van der Waals surface area contributed by atoms with E-state index in [1.165, 1.54) is 0 Å². The highest BCUT2D eigenvalue weighted by Gasteiger charge is 1.97. The number of benzene rings is 1. The predicted octanol–water partition coefficient (Wildman–Crippen LogP) is 2.56. The Morgan fingerprint density at radius 1 is 1.25 bits per heavy atom. The molecule has 0 unspecified atom stereocenters. The van der Waals surface area contributed by atoms with E-state index in [1.54, 1.807) is 36.0 Å². The van der Waals surface area contributed by atoms with Gasteiger partial charge in [-0.1, -0.05) is 24.8 Å². The second-order valence-electron chi connectivity index (χ2n) is 4.46. The lowest BCUT2D eigenvalue weighted by molar-refractivity contribution is 0.363. The van der Waals surface area contributed by atoms with Gasteiger partial charge in [0.25, 0.3) is 0 Å². The molecular weight excluding hydrogens is 252 g/mol. The summed E-state index contributed by atoms with van der Waals surface area (Å²) in [7, 11) is 1.74. The molecule has 0 atom stereocenters. The Balaban J connectivity index is 1.94. The van der Waals surface area contributed by atoms with Crippen LogP contribution in [0.4, 0.5) is 5.69 Å². The highest BCUT2D eigenvalue weighted by Crippen LogP contribution is 2.13. The third-order valence-corrected chi connectivity index (χ3v) is 2.87. The summed E-state index contributed by atoms with van der Waals surface area (Å²) in [4.78, 5) is 11.3. The van der Waals surface area contributed by atoms with E-state index < -0.39 is 0 Å². The number of nitrogens with one attached hydrogen (secondary N) is 1. The van der Waals surface area contributed by atoms with Crippen molar-refractivity contribution < 1.29 is 4.74 Å². The lowest BCUT2D eigenvalue weighted by Gasteiger charge is -2.09. The standard InChI is InChI=1S/C16H18N2O2/c1-3-10-20-15-7-4-13(5-8-15)11-17-14-6-9-16(19)18(2)12-14/h3-9,12,17H,1,10-11H2,2H3. The number of hydrogen-bond donors (Lipinski definition) is 1. The topological polar surface area (TPSA) is 43.3 Å². The molecule has 0 saturated carbocycles. The first-order valence-corrected chi connectivity index (χ1v) is 6.42. The number of ether oxygens (including phenoxy) is 1. The Hall–Kier alpha value is -2.49. The average Bonchev–Trinajstić information content (AvgIpc) is 2.47. The maximum absolute atomic E-state index is 11.3. The van der Waals surface area contributed by atoms with Crippen LogP contribution in [0, 0.1) is 0 Å². The van der Waals surface area contributed by atoms with Gasteiger partial charge >= 0.3 is 0 Å². The zero-order valence-corrected chi connectivity index (χ0v) is 11.5. The molecule has 4 heteroatoms. The first-order chi connectivity index (χ1) is 9.69. The number of nitrogens with zero attached hydrogens (tertiary/aromatic N) is 1. The van der Waals surface area contributed by atoms with Gasteiger partial charge in [-0.15, -0.1) is 0 Å². The second kappa shape index (κ2) is 6.61. The van der Waals surface area contributed by atoms with Gasteiger partial charge in [0, 0.05) is 25.9 Å². The van der Waals surface area contributed by atoms with Gasteiger partial charge in [-0.05, 0) is 23.8 Å². The van der Waals surface area contributed by atoms with Gasteiger partial charge in [-0.2, -0.15) is 0 Å². The molecule has 0 radical (unpaired) electrons. The molecule has 1 N–H and O–H groups in total. The first-order valence-electron chi connectivity index (χ1n) is 6.42. The van der Waals surface area contributed by atoms with Crippen molar-refractivity contribution in [1.82, 2.24) is 4.57 Å². The maximum atomic E-state index is 11.3. The molecule has 0 amide bonds. The van der Waals surface area contributed by atoms with Crippen LogP contribution in [-0.2, 0) is 13.6 Å². The normalized spacial score (nSPS) is 10.1. The summed E-state index contributed by atoms with van der Waals surface area (Å²) in [6.45, 7) is 4.81. The Morgan fingerprint density at radius 2 is 2.00 bits per heavy atom. The Labute approximate surface area is 118 Å². The number of rotatable bonds is 6. The smallest absolute Gasteiger partial charge is 0.250 e. The average molecular weight is 270 g/mol. The summed E-state index contributed by atoms with van der Waals surface area (Å²) in [5.41, 5.74) is 2.04. The molecule has 0 aliphatic rings. The molecular formula is C16H18N2O2. The van der Waals surface area contributed by atoms with Gasteiger partial charge in [-0.3, -0.25) is 4.79 Å². The van der Waals surface area contributed by atoms with Crippen LogP contribution in [0.2, 0.25) is 0 Å². The maximum Gasteiger partial charge on any atom is 0.250 e. The van der Waals surface area contributed by atoms with Gasteiger partial charge in [0.15, 0.2) is 0 Å². The van der Waals surface area contributed by atoms with Crippen LogP contribution >= 0.6 is 0 Å². The van der Waals surface area contributed by atoms with Crippen molar-refractivity contribution in [2.75, 3.05) is 11.9 Å². The largest absolute Gasteiger partial charge is 0.490 e. The molecule has 0 saturated heterocycles. The van der Waals surface area contributed by atoms with E-state index in [2.05, 4.69) is 11.9 Å². The summed E-state index contributed by atoms with van der Waals surface area (Å²) in [6, 6.07) is 11.2. The van der Waals surface area contributed by atoms with Crippen molar-refractivity contribution in [1.29, 1.82) is 0 Å². The molecule has 20 heavy (non-hydrogen) atoms. The second-order valence-corrected chi connectivity index (χ2v) is 4.46. The summed E-state index contributed by atoms with van der Waals surface area (Å²) in [5.74, 6) is 0.829. The van der Waals surface area contributed by atoms with E-state index in [0.717, 1.165) is 17.0 Å². The molecule has 0 bridgehead atoms. The van der Waals surface area contributed by atoms with Crippen molar-refractivity contribution >= 4 is 5.69 Å². The van der Waals surface area contributed by atoms with E-state index in [9.17, 15) is 4.79 Å². The van der Waals surface area contributed by atoms with E-state index in [1.807, 2.05) is 24.3 Å². The van der Waals surface area contributed by atoms with E-state index in [4.69, 9.17) is 4.74 Å². The fourth-order valence-corrected chi connectivity index (χ4v) is 1.76. The summed E-state index contributed by atoms with van der Waals surface area (Å²) in [5, 5.41) is 3.27. The van der Waals surface area contributed by atoms with Gasteiger partial charge in [0.2, 0.25) is 5.56 Å². The van der Waals surface area contributed by atoms with Crippen molar-refractivity contribution in [3.05, 3.63) is 71.2 Å². The van der Waals surface area contributed by atoms with Crippen LogP contribution in [0.15, 0.2) is 60.0 Å². The molecule has 2 rings (SSSR count). The number of aromatic nitrogens is 1. The van der Waals surface area contributed by atoms with Crippen molar-refractivity contribution in [2.45, 2.75) is 6.54 Å². The van der Waals surface area contributed by atoms with Crippen molar-refractivity contribution in [3.63, 3.8) is 0 Å². The van der Waals surface area contributed by atoms with E-state index in [0.29, 0.717) is 13.2 Å². The minimum Gasteiger partial charge on any atom is -0.490 e. The van der Waals surface area contributed by atoms with E-state index >= 15 is 0 Å². The fraction of sp³-hybridized carbons (Fsp3) is 0.188. The molecule has 0 aliphatic heterocycles. The Morgan fingerprint density at radius 3 is 2.65 bits per heavy atom. The Kier molecular flexibility index (Phi) is 4.60. The summed E-state index contributed by atoms with van der Waals surface area (Å²) in [6.07, 6.45) is 3.50. The minimum absolute atomic E-state index is 0.0146. The number of hydrogen-bond acceptors (Lipinski definition) is 3. The highest BCUT2D eigenvalue weighted by atomic mass is 16.5. The molecule has 1 aromatic carbocycles. The molecule has 1 aromatic heterocycles. The van der Waals surface area contributed by atoms with Gasteiger partial charge < -0.3 is 14.6 Å². The monoisotopic (exact) mass is 270 g/mol. The SMILES string of the molecule is C=CCOc1ccc(CNc2ccc(=O)n(C)c2)cc1. The molecule has 104 valence electrons. The molecule has 0 spiro atoms. The minimum atomic E-state index is -0.0146. The van der Waals surface area contributed by atoms with E-state index in [-0.39, 0.29) is 5.56 Å². The summed E-state index contributed by atoms with van der Waals surface area (Å²) < 4.78 is 6.98. The van der Waals surface area contributed by atoms with Crippen molar-refractivity contribution in [3.8, 4) is 5.75 Å². The van der Waals surface area contributed by atoms with Crippen LogP contribution in [-0.4, -0.2) is 11.2 Å². The first kappa shape index (κ1) is 13.9. The van der Waals surface area contributed by atoms with Crippen LogP contribution < -0.4 is 15.6 Å². The lowest BCUT2D eigenvalue weighted by Crippen LogP contribution is -2.15. The molecule has 2 aromatic rings. The molecule has 4 nitrogen and oxygen atoms in total. The summed E-state index contributed by atoms with van der Waals surface area (Å²) >= 11 is 0. The van der Waals surface area contributed by atoms with Crippen LogP contribution in [0.1, 0.15) is 5.56 Å². The fourth-order valence-electron chi connectivity index (χ4n) is 1.76. The van der Waals surface area contributed by atoms with Crippen LogP contribution in [0.5, 0.6) is 5.75 Å². The van der Waals surface area contributed by atoms with Crippen LogP contribution in [0.3, 0.4) is 0 Å². The number of anilines is 1. The molecule has 0 fully saturated rings. The predicted molar refractivity (Wildman–Crippen MR) is 81.1 cm³/mol. The van der Waals surface area contributed by atoms with Crippen LogP contribution in [0.25, 0.3) is 0 Å². The Bertz CT molecular complexity index is 630. The van der Waals surface area contributed by atoms with Gasteiger partial charge in [-0.25, -0.2) is 0 Å². The van der Waals surface area contributed by atoms with Gasteiger partial charge in [0.1, 0.15) is 12.4 Å². The lowest BCUT2D eigenvalue weighted by atomic mass is 10.2.